The van der Waals surface area contributed by atoms with E-state index >= 15 is 0 Å². The molecular formula is C13H15N3. The maximum Gasteiger partial charge on any atom is 0.0500 e. The van der Waals surface area contributed by atoms with Crippen LogP contribution in [0.2, 0.25) is 0 Å². The third kappa shape index (κ3) is 2.37. The van der Waals surface area contributed by atoms with E-state index in [0.717, 1.165) is 11.3 Å². The molecule has 0 aliphatic rings. The van der Waals surface area contributed by atoms with Gasteiger partial charge in [-0.2, -0.15) is 0 Å². The molecule has 82 valence electrons. The second-order valence-corrected chi connectivity index (χ2v) is 3.84. The number of nitrogens with one attached hydrogen (secondary N) is 1. The topological polar surface area (TPSA) is 37.8 Å². The Morgan fingerprint density at radius 3 is 2.62 bits per heavy atom. The Morgan fingerprint density at radius 2 is 1.94 bits per heavy atom. The molecule has 0 spiro atoms. The Hall–Kier alpha value is -1.90. The summed E-state index contributed by atoms with van der Waals surface area (Å²) in [5, 5.41) is 3.45. The molecule has 16 heavy (non-hydrogen) atoms. The van der Waals surface area contributed by atoms with Gasteiger partial charge in [-0.25, -0.2) is 0 Å². The highest BCUT2D eigenvalue weighted by molar-refractivity contribution is 5.50. The van der Waals surface area contributed by atoms with Crippen molar-refractivity contribution in [2.45, 2.75) is 19.9 Å². The number of aromatic nitrogens is 2. The van der Waals surface area contributed by atoms with E-state index in [4.69, 9.17) is 0 Å². The summed E-state index contributed by atoms with van der Waals surface area (Å²) in [6.45, 7) is 4.17. The summed E-state index contributed by atoms with van der Waals surface area (Å²) >= 11 is 0. The van der Waals surface area contributed by atoms with Crippen LogP contribution < -0.4 is 5.32 Å². The predicted octanol–water partition coefficient (Wildman–Crippen LogP) is 2.96. The highest BCUT2D eigenvalue weighted by Gasteiger charge is 2.06. The van der Waals surface area contributed by atoms with Crippen molar-refractivity contribution in [2.75, 3.05) is 5.32 Å². The summed E-state index contributed by atoms with van der Waals surface area (Å²) in [6, 6.07) is 6.26. The molecule has 2 aromatic heterocycles. The minimum atomic E-state index is 0.245. The quantitative estimate of drug-likeness (QED) is 0.851. The smallest absolute Gasteiger partial charge is 0.0500 e. The molecule has 1 atom stereocenters. The minimum absolute atomic E-state index is 0.245. The van der Waals surface area contributed by atoms with Crippen molar-refractivity contribution in [3.05, 3.63) is 54.1 Å². The van der Waals surface area contributed by atoms with E-state index < -0.39 is 0 Å². The third-order valence-electron chi connectivity index (χ3n) is 2.58. The lowest BCUT2D eigenvalue weighted by molar-refractivity contribution is 0.872. The zero-order chi connectivity index (χ0) is 11.4. The van der Waals surface area contributed by atoms with Gasteiger partial charge in [-0.15, -0.1) is 0 Å². The van der Waals surface area contributed by atoms with Gasteiger partial charge in [-0.1, -0.05) is 6.07 Å². The first-order valence-corrected chi connectivity index (χ1v) is 5.34. The van der Waals surface area contributed by atoms with Gasteiger partial charge in [0.05, 0.1) is 6.04 Å². The first-order chi connectivity index (χ1) is 7.77. The fourth-order valence-electron chi connectivity index (χ4n) is 1.58. The first-order valence-electron chi connectivity index (χ1n) is 5.34. The lowest BCUT2D eigenvalue weighted by atomic mass is 10.1. The van der Waals surface area contributed by atoms with Crippen LogP contribution in [0.1, 0.15) is 24.1 Å². The van der Waals surface area contributed by atoms with Crippen LogP contribution in [0.5, 0.6) is 0 Å². The number of hydrogen-bond acceptors (Lipinski definition) is 3. The predicted molar refractivity (Wildman–Crippen MR) is 65.2 cm³/mol. The van der Waals surface area contributed by atoms with Crippen LogP contribution in [0.4, 0.5) is 5.69 Å². The van der Waals surface area contributed by atoms with Crippen LogP contribution in [0.3, 0.4) is 0 Å². The highest BCUT2D eigenvalue weighted by Crippen LogP contribution is 2.20. The fourth-order valence-corrected chi connectivity index (χ4v) is 1.58. The molecule has 0 aliphatic heterocycles. The average Bonchev–Trinajstić information content (AvgIpc) is 2.33. The zero-order valence-corrected chi connectivity index (χ0v) is 9.51. The lowest BCUT2D eigenvalue weighted by Crippen LogP contribution is -2.07. The highest BCUT2D eigenvalue weighted by atomic mass is 14.9. The van der Waals surface area contributed by atoms with Gasteiger partial charge >= 0.3 is 0 Å². The SMILES string of the molecule is Cc1cnccc1NC(C)c1cccnc1. The maximum absolute atomic E-state index is 4.12. The van der Waals surface area contributed by atoms with Crippen molar-refractivity contribution in [3.8, 4) is 0 Å². The van der Waals surface area contributed by atoms with Crippen molar-refractivity contribution in [3.63, 3.8) is 0 Å². The van der Waals surface area contributed by atoms with Gasteiger partial charge in [0.25, 0.3) is 0 Å². The molecule has 0 saturated heterocycles. The summed E-state index contributed by atoms with van der Waals surface area (Å²) < 4.78 is 0. The van der Waals surface area contributed by atoms with E-state index in [9.17, 15) is 0 Å². The largest absolute Gasteiger partial charge is 0.378 e. The summed E-state index contributed by atoms with van der Waals surface area (Å²) in [6.07, 6.45) is 7.33. The van der Waals surface area contributed by atoms with Crippen molar-refractivity contribution in [1.29, 1.82) is 0 Å². The molecule has 0 bridgehead atoms. The van der Waals surface area contributed by atoms with Crippen LogP contribution >= 0.6 is 0 Å². The molecule has 1 unspecified atom stereocenters. The normalized spacial score (nSPS) is 12.1. The van der Waals surface area contributed by atoms with E-state index in [1.807, 2.05) is 31.5 Å². The number of nitrogens with zero attached hydrogens (tertiary/aromatic N) is 2. The Labute approximate surface area is 95.6 Å². The van der Waals surface area contributed by atoms with Gasteiger partial charge in [-0.05, 0) is 37.1 Å². The zero-order valence-electron chi connectivity index (χ0n) is 9.51. The molecular weight excluding hydrogens is 198 g/mol. The molecule has 0 saturated carbocycles. The molecule has 2 aromatic rings. The second kappa shape index (κ2) is 4.75. The van der Waals surface area contributed by atoms with Gasteiger partial charge < -0.3 is 5.32 Å². The Morgan fingerprint density at radius 1 is 1.12 bits per heavy atom. The summed E-state index contributed by atoms with van der Waals surface area (Å²) in [5.41, 5.74) is 3.45. The Kier molecular flexibility index (Phi) is 3.15. The van der Waals surface area contributed by atoms with E-state index in [2.05, 4.69) is 28.3 Å². The molecule has 3 nitrogen and oxygen atoms in total. The van der Waals surface area contributed by atoms with Gasteiger partial charge in [0.1, 0.15) is 0 Å². The summed E-state index contributed by atoms with van der Waals surface area (Å²) in [5.74, 6) is 0. The third-order valence-corrected chi connectivity index (χ3v) is 2.58. The van der Waals surface area contributed by atoms with Crippen molar-refractivity contribution in [2.24, 2.45) is 0 Å². The number of aryl methyl sites for hydroxylation is 1. The van der Waals surface area contributed by atoms with E-state index in [0.29, 0.717) is 0 Å². The van der Waals surface area contributed by atoms with Crippen LogP contribution in [-0.2, 0) is 0 Å². The van der Waals surface area contributed by atoms with Gasteiger partial charge in [0.15, 0.2) is 0 Å². The first kappa shape index (κ1) is 10.6. The number of hydrogen-bond donors (Lipinski definition) is 1. The van der Waals surface area contributed by atoms with Crippen molar-refractivity contribution in [1.82, 2.24) is 9.97 Å². The minimum Gasteiger partial charge on any atom is -0.378 e. The van der Waals surface area contributed by atoms with Gasteiger partial charge in [-0.3, -0.25) is 9.97 Å². The molecule has 0 radical (unpaired) electrons. The van der Waals surface area contributed by atoms with Gasteiger partial charge in [0.2, 0.25) is 0 Å². The molecule has 0 aliphatic carbocycles. The molecule has 3 heteroatoms. The summed E-state index contributed by atoms with van der Waals surface area (Å²) in [7, 11) is 0. The lowest BCUT2D eigenvalue weighted by Gasteiger charge is -2.16. The monoisotopic (exact) mass is 213 g/mol. The summed E-state index contributed by atoms with van der Waals surface area (Å²) in [4.78, 5) is 8.19. The Balaban J connectivity index is 2.14. The molecule has 0 fully saturated rings. The number of pyridine rings is 2. The second-order valence-electron chi connectivity index (χ2n) is 3.84. The molecule has 0 amide bonds. The number of rotatable bonds is 3. The van der Waals surface area contributed by atoms with Crippen LogP contribution in [0.25, 0.3) is 0 Å². The standard InChI is InChI=1S/C13H15N3/c1-10-8-15-7-5-13(10)16-11(2)12-4-3-6-14-9-12/h3-9,11H,1-2H3,(H,15,16). The molecule has 1 N–H and O–H groups in total. The van der Waals surface area contributed by atoms with E-state index in [1.165, 1.54) is 5.56 Å². The van der Waals surface area contributed by atoms with Crippen LogP contribution in [0.15, 0.2) is 43.0 Å². The maximum atomic E-state index is 4.12. The van der Waals surface area contributed by atoms with Crippen LogP contribution in [0, 0.1) is 6.92 Å². The molecule has 2 heterocycles. The Bertz CT molecular complexity index is 454. The van der Waals surface area contributed by atoms with E-state index in [1.54, 1.807) is 12.4 Å². The van der Waals surface area contributed by atoms with E-state index in [-0.39, 0.29) is 6.04 Å². The molecule has 2 rings (SSSR count). The van der Waals surface area contributed by atoms with Crippen LogP contribution in [-0.4, -0.2) is 9.97 Å². The fraction of sp³-hybridized carbons (Fsp3) is 0.231. The number of anilines is 1. The van der Waals surface area contributed by atoms with Crippen molar-refractivity contribution >= 4 is 5.69 Å². The average molecular weight is 213 g/mol. The van der Waals surface area contributed by atoms with Gasteiger partial charge in [0, 0.05) is 30.5 Å². The van der Waals surface area contributed by atoms with Crippen molar-refractivity contribution < 1.29 is 0 Å². The molecule has 0 aromatic carbocycles.